The van der Waals surface area contributed by atoms with Gasteiger partial charge in [0.05, 0.1) is 0 Å². The zero-order valence-corrected chi connectivity index (χ0v) is 18.7. The second kappa shape index (κ2) is 8.77. The first-order chi connectivity index (χ1) is 12.0. The second-order valence-corrected chi connectivity index (χ2v) is 10.00. The Hall–Kier alpha value is -1.03. The summed E-state index contributed by atoms with van der Waals surface area (Å²) < 4.78 is 7.13. The van der Waals surface area contributed by atoms with Gasteiger partial charge in [-0.05, 0) is 61.6 Å². The van der Waals surface area contributed by atoms with E-state index in [4.69, 9.17) is 16.3 Å². The molecular formula is C22H29BrClNO. The highest BCUT2D eigenvalue weighted by atomic mass is 79.9. The van der Waals surface area contributed by atoms with Crippen LogP contribution >= 0.6 is 27.5 Å². The van der Waals surface area contributed by atoms with Gasteiger partial charge in [0.1, 0.15) is 12.4 Å². The van der Waals surface area contributed by atoms with Crippen molar-refractivity contribution in [2.75, 3.05) is 0 Å². The largest absolute Gasteiger partial charge is 0.489 e. The highest BCUT2D eigenvalue weighted by molar-refractivity contribution is 9.10. The van der Waals surface area contributed by atoms with Crippen LogP contribution in [0.3, 0.4) is 0 Å². The van der Waals surface area contributed by atoms with Gasteiger partial charge in [-0.2, -0.15) is 0 Å². The van der Waals surface area contributed by atoms with Gasteiger partial charge in [-0.15, -0.1) is 0 Å². The number of hydrogen-bond donors (Lipinski definition) is 1. The third-order valence-corrected chi connectivity index (χ3v) is 4.76. The van der Waals surface area contributed by atoms with Crippen LogP contribution in [0.4, 0.5) is 0 Å². The maximum atomic E-state index is 6.08. The maximum absolute atomic E-state index is 6.08. The van der Waals surface area contributed by atoms with E-state index in [1.807, 2.05) is 36.4 Å². The Labute approximate surface area is 171 Å². The molecule has 142 valence electrons. The molecule has 0 aliphatic rings. The number of benzene rings is 2. The van der Waals surface area contributed by atoms with Crippen molar-refractivity contribution in [1.82, 2.24) is 5.32 Å². The van der Waals surface area contributed by atoms with E-state index >= 15 is 0 Å². The fourth-order valence-corrected chi connectivity index (χ4v) is 3.96. The average Bonchev–Trinajstić information content (AvgIpc) is 2.50. The van der Waals surface area contributed by atoms with Gasteiger partial charge in [-0.1, -0.05) is 60.4 Å². The SMILES string of the molecule is CC(C)(C)CC(C)(C)NCc1cc(Br)ccc1OCc1cccc(Cl)c1. The predicted molar refractivity (Wildman–Crippen MR) is 115 cm³/mol. The first kappa shape index (κ1) is 21.3. The molecule has 0 fully saturated rings. The Morgan fingerprint density at radius 3 is 2.42 bits per heavy atom. The lowest BCUT2D eigenvalue weighted by Crippen LogP contribution is -2.41. The molecular weight excluding hydrogens is 410 g/mol. The summed E-state index contributed by atoms with van der Waals surface area (Å²) >= 11 is 9.63. The zero-order chi connectivity index (χ0) is 19.4. The lowest BCUT2D eigenvalue weighted by atomic mass is 9.82. The fraction of sp³-hybridized carbons (Fsp3) is 0.455. The molecule has 0 saturated heterocycles. The lowest BCUT2D eigenvalue weighted by Gasteiger charge is -2.33. The van der Waals surface area contributed by atoms with E-state index in [9.17, 15) is 0 Å². The van der Waals surface area contributed by atoms with Gasteiger partial charge in [0.2, 0.25) is 0 Å². The van der Waals surface area contributed by atoms with Gasteiger partial charge in [0.25, 0.3) is 0 Å². The molecule has 0 aromatic heterocycles. The number of ether oxygens (including phenoxy) is 1. The highest BCUT2D eigenvalue weighted by Crippen LogP contribution is 2.29. The van der Waals surface area contributed by atoms with Crippen LogP contribution in [0, 0.1) is 5.41 Å². The Morgan fingerprint density at radius 2 is 1.77 bits per heavy atom. The monoisotopic (exact) mass is 437 g/mol. The van der Waals surface area contributed by atoms with Crippen LogP contribution in [0.15, 0.2) is 46.9 Å². The summed E-state index contributed by atoms with van der Waals surface area (Å²) in [4.78, 5) is 0. The smallest absolute Gasteiger partial charge is 0.124 e. The lowest BCUT2D eigenvalue weighted by molar-refractivity contribution is 0.238. The molecule has 0 saturated carbocycles. The molecule has 0 aliphatic heterocycles. The summed E-state index contributed by atoms with van der Waals surface area (Å²) in [6.07, 6.45) is 1.09. The standard InChI is InChI=1S/C22H29BrClNO/c1-21(2,3)15-22(4,5)25-13-17-12-18(23)9-10-20(17)26-14-16-7-6-8-19(24)11-16/h6-12,25H,13-15H2,1-5H3. The first-order valence-corrected chi connectivity index (χ1v) is 10.1. The summed E-state index contributed by atoms with van der Waals surface area (Å²) in [5, 5.41) is 4.41. The van der Waals surface area contributed by atoms with Crippen molar-refractivity contribution < 1.29 is 4.74 Å². The third kappa shape index (κ3) is 7.30. The quantitative estimate of drug-likeness (QED) is 0.503. The van der Waals surface area contributed by atoms with E-state index in [0.29, 0.717) is 6.61 Å². The molecule has 0 aliphatic carbocycles. The molecule has 0 amide bonds. The minimum Gasteiger partial charge on any atom is -0.489 e. The van der Waals surface area contributed by atoms with E-state index in [1.165, 1.54) is 0 Å². The second-order valence-electron chi connectivity index (χ2n) is 8.65. The molecule has 0 bridgehead atoms. The Balaban J connectivity index is 2.07. The van der Waals surface area contributed by atoms with Crippen LogP contribution in [0.1, 0.15) is 52.2 Å². The normalized spacial score (nSPS) is 12.3. The number of nitrogens with one attached hydrogen (secondary N) is 1. The molecule has 2 nitrogen and oxygen atoms in total. The van der Waals surface area contributed by atoms with Crippen molar-refractivity contribution >= 4 is 27.5 Å². The average molecular weight is 439 g/mol. The van der Waals surface area contributed by atoms with Gasteiger partial charge in [-0.3, -0.25) is 0 Å². The highest BCUT2D eigenvalue weighted by Gasteiger charge is 2.25. The number of halogens is 2. The van der Waals surface area contributed by atoms with Gasteiger partial charge in [0, 0.05) is 27.1 Å². The van der Waals surface area contributed by atoms with Crippen LogP contribution in [-0.2, 0) is 13.2 Å². The summed E-state index contributed by atoms with van der Waals surface area (Å²) in [6.45, 7) is 12.6. The van der Waals surface area contributed by atoms with Gasteiger partial charge in [-0.25, -0.2) is 0 Å². The molecule has 1 N–H and O–H groups in total. The fourth-order valence-electron chi connectivity index (χ4n) is 3.34. The van der Waals surface area contributed by atoms with E-state index in [2.05, 4.69) is 61.9 Å². The summed E-state index contributed by atoms with van der Waals surface area (Å²) in [5.74, 6) is 0.896. The van der Waals surface area contributed by atoms with Crippen LogP contribution in [-0.4, -0.2) is 5.54 Å². The zero-order valence-electron chi connectivity index (χ0n) is 16.3. The van der Waals surface area contributed by atoms with Gasteiger partial charge >= 0.3 is 0 Å². The predicted octanol–water partition coefficient (Wildman–Crippen LogP) is 6.99. The van der Waals surface area contributed by atoms with E-state index in [0.717, 1.165) is 39.3 Å². The van der Waals surface area contributed by atoms with E-state index < -0.39 is 0 Å². The molecule has 0 heterocycles. The van der Waals surface area contributed by atoms with E-state index in [1.54, 1.807) is 0 Å². The van der Waals surface area contributed by atoms with Crippen molar-refractivity contribution in [3.8, 4) is 5.75 Å². The molecule has 2 aromatic rings. The number of rotatable bonds is 7. The topological polar surface area (TPSA) is 21.3 Å². The van der Waals surface area contributed by atoms with Crippen molar-refractivity contribution in [2.45, 2.75) is 59.7 Å². The van der Waals surface area contributed by atoms with Crippen LogP contribution in [0.5, 0.6) is 5.75 Å². The van der Waals surface area contributed by atoms with Crippen molar-refractivity contribution in [3.63, 3.8) is 0 Å². The first-order valence-electron chi connectivity index (χ1n) is 8.95. The van der Waals surface area contributed by atoms with Crippen molar-refractivity contribution in [1.29, 1.82) is 0 Å². The molecule has 26 heavy (non-hydrogen) atoms. The molecule has 0 spiro atoms. The Bertz CT molecular complexity index is 737. The molecule has 0 atom stereocenters. The molecule has 0 radical (unpaired) electrons. The Kier molecular flexibility index (Phi) is 7.18. The third-order valence-electron chi connectivity index (χ3n) is 4.04. The molecule has 0 unspecified atom stereocenters. The van der Waals surface area contributed by atoms with Gasteiger partial charge in [0.15, 0.2) is 0 Å². The van der Waals surface area contributed by atoms with Crippen LogP contribution in [0.2, 0.25) is 5.02 Å². The van der Waals surface area contributed by atoms with Crippen LogP contribution in [0.25, 0.3) is 0 Å². The maximum Gasteiger partial charge on any atom is 0.124 e. The molecule has 2 aromatic carbocycles. The summed E-state index contributed by atoms with van der Waals surface area (Å²) in [5.41, 5.74) is 2.53. The summed E-state index contributed by atoms with van der Waals surface area (Å²) in [6, 6.07) is 13.9. The number of hydrogen-bond acceptors (Lipinski definition) is 2. The molecule has 2 rings (SSSR count). The van der Waals surface area contributed by atoms with Crippen molar-refractivity contribution in [2.24, 2.45) is 5.41 Å². The summed E-state index contributed by atoms with van der Waals surface area (Å²) in [7, 11) is 0. The Morgan fingerprint density at radius 1 is 1.04 bits per heavy atom. The minimum absolute atomic E-state index is 0.0464. The van der Waals surface area contributed by atoms with E-state index in [-0.39, 0.29) is 11.0 Å². The van der Waals surface area contributed by atoms with Gasteiger partial charge < -0.3 is 10.1 Å². The van der Waals surface area contributed by atoms with Crippen LogP contribution < -0.4 is 10.1 Å². The minimum atomic E-state index is 0.0464. The molecule has 4 heteroatoms. The van der Waals surface area contributed by atoms with Crippen molar-refractivity contribution in [3.05, 3.63) is 63.1 Å².